The maximum atomic E-state index is 12.8. The van der Waals surface area contributed by atoms with Crippen LogP contribution in [-0.2, 0) is 33.9 Å². The number of carboxylic acids is 1. The number of aromatic nitrogens is 4. The summed E-state index contributed by atoms with van der Waals surface area (Å²) in [6.45, 7) is -0.405. The monoisotopic (exact) mass is 491 g/mol. The molecule has 3 rings (SSSR count). The summed E-state index contributed by atoms with van der Waals surface area (Å²) < 4.78 is 6.29. The molecular formula is C21H19Cl2N5O5. The second-order valence-corrected chi connectivity index (χ2v) is 7.77. The Morgan fingerprint density at radius 2 is 1.76 bits per heavy atom. The fraction of sp³-hybridized carbons (Fsp3) is 0.238. The molecule has 0 spiro atoms. The third-order valence-electron chi connectivity index (χ3n) is 4.58. The first-order valence-electron chi connectivity index (χ1n) is 9.73. The minimum Gasteiger partial charge on any atom is -0.481 e. The van der Waals surface area contributed by atoms with Gasteiger partial charge in [-0.3, -0.25) is 9.59 Å². The maximum Gasteiger partial charge on any atom is 0.408 e. The van der Waals surface area contributed by atoms with Gasteiger partial charge in [0.2, 0.25) is 0 Å². The van der Waals surface area contributed by atoms with Gasteiger partial charge in [0.25, 0.3) is 0 Å². The predicted molar refractivity (Wildman–Crippen MR) is 118 cm³/mol. The second kappa shape index (κ2) is 11.4. The number of rotatable bonds is 10. The van der Waals surface area contributed by atoms with Gasteiger partial charge in [-0.15, -0.1) is 5.10 Å². The largest absolute Gasteiger partial charge is 0.481 e. The van der Waals surface area contributed by atoms with E-state index in [9.17, 15) is 14.4 Å². The van der Waals surface area contributed by atoms with Crippen LogP contribution in [0.3, 0.4) is 0 Å². The average molecular weight is 492 g/mol. The number of nitrogens with zero attached hydrogens (tertiary/aromatic N) is 4. The minimum atomic E-state index is -1.34. The highest BCUT2D eigenvalue weighted by atomic mass is 35.5. The van der Waals surface area contributed by atoms with E-state index in [1.165, 1.54) is 4.68 Å². The molecule has 0 aliphatic heterocycles. The van der Waals surface area contributed by atoms with Gasteiger partial charge in [0.15, 0.2) is 11.6 Å². The topological polar surface area (TPSA) is 136 Å². The van der Waals surface area contributed by atoms with Crippen LogP contribution in [0.1, 0.15) is 23.4 Å². The minimum absolute atomic E-state index is 0.0314. The summed E-state index contributed by atoms with van der Waals surface area (Å²) in [6, 6.07) is 12.6. The number of ether oxygens (including phenoxy) is 1. The Labute approximate surface area is 198 Å². The number of carbonyl (C=O) groups excluding carboxylic acids is 2. The highest BCUT2D eigenvalue weighted by Gasteiger charge is 2.26. The number of carbonyl (C=O) groups is 3. The van der Waals surface area contributed by atoms with Crippen LogP contribution in [-0.4, -0.2) is 49.2 Å². The average Bonchev–Trinajstić information content (AvgIpc) is 3.21. The number of halogens is 2. The highest BCUT2D eigenvalue weighted by Crippen LogP contribution is 2.26. The Kier molecular flexibility index (Phi) is 8.34. The molecule has 0 aliphatic carbocycles. The quantitative estimate of drug-likeness (QED) is 0.441. The summed E-state index contributed by atoms with van der Waals surface area (Å²) in [4.78, 5) is 36.2. The molecule has 1 aromatic heterocycles. The normalized spacial score (nSPS) is 11.6. The van der Waals surface area contributed by atoms with Crippen LogP contribution < -0.4 is 5.32 Å². The number of hydrogen-bond acceptors (Lipinski definition) is 7. The standard InChI is InChI=1S/C21H19Cl2N5O5/c22-15-7-4-8-16(23)14(15)9-19-25-26-27-28(19)11-18(29)17(10-20(30)31)24-21(32)33-12-13-5-2-1-3-6-13/h1-8,17H,9-12H2,(H,24,32)(H,30,31). The molecule has 1 atom stereocenters. The van der Waals surface area contributed by atoms with E-state index in [1.807, 2.05) is 6.07 Å². The van der Waals surface area contributed by atoms with Crippen LogP contribution >= 0.6 is 23.2 Å². The molecule has 1 amide bonds. The summed E-state index contributed by atoms with van der Waals surface area (Å²) in [5.74, 6) is -1.59. The van der Waals surface area contributed by atoms with Gasteiger partial charge in [-0.25, -0.2) is 9.48 Å². The van der Waals surface area contributed by atoms with Gasteiger partial charge in [0, 0.05) is 16.5 Å². The van der Waals surface area contributed by atoms with Crippen molar-refractivity contribution in [1.29, 1.82) is 0 Å². The molecule has 3 aromatic rings. The van der Waals surface area contributed by atoms with Crippen molar-refractivity contribution in [2.45, 2.75) is 32.0 Å². The third-order valence-corrected chi connectivity index (χ3v) is 5.29. The molecule has 0 radical (unpaired) electrons. The zero-order valence-corrected chi connectivity index (χ0v) is 18.7. The van der Waals surface area contributed by atoms with Crippen molar-refractivity contribution in [2.24, 2.45) is 0 Å². The van der Waals surface area contributed by atoms with Gasteiger partial charge in [0.1, 0.15) is 19.2 Å². The van der Waals surface area contributed by atoms with Crippen molar-refractivity contribution >= 4 is 41.0 Å². The van der Waals surface area contributed by atoms with Crippen molar-refractivity contribution in [3.63, 3.8) is 0 Å². The molecule has 0 bridgehead atoms. The molecule has 172 valence electrons. The summed E-state index contributed by atoms with van der Waals surface area (Å²) >= 11 is 12.4. The number of hydrogen-bond donors (Lipinski definition) is 2. The smallest absolute Gasteiger partial charge is 0.408 e. The van der Waals surface area contributed by atoms with Crippen molar-refractivity contribution in [1.82, 2.24) is 25.5 Å². The summed E-state index contributed by atoms with van der Waals surface area (Å²) in [7, 11) is 0. The lowest BCUT2D eigenvalue weighted by molar-refractivity contribution is -0.139. The van der Waals surface area contributed by atoms with Crippen LogP contribution in [0.4, 0.5) is 4.79 Å². The van der Waals surface area contributed by atoms with E-state index in [0.29, 0.717) is 21.4 Å². The molecule has 0 fully saturated rings. The van der Waals surface area contributed by atoms with Crippen molar-refractivity contribution in [3.8, 4) is 0 Å². The lowest BCUT2D eigenvalue weighted by Gasteiger charge is -2.16. The Morgan fingerprint density at radius 3 is 2.42 bits per heavy atom. The number of ketones is 1. The van der Waals surface area contributed by atoms with Gasteiger partial charge in [-0.1, -0.05) is 59.6 Å². The van der Waals surface area contributed by atoms with Crippen LogP contribution in [0.25, 0.3) is 0 Å². The first-order valence-corrected chi connectivity index (χ1v) is 10.5. The molecule has 33 heavy (non-hydrogen) atoms. The molecule has 0 saturated heterocycles. The number of benzene rings is 2. The lowest BCUT2D eigenvalue weighted by atomic mass is 10.1. The van der Waals surface area contributed by atoms with Crippen LogP contribution in [0.2, 0.25) is 10.0 Å². The van der Waals surface area contributed by atoms with E-state index in [2.05, 4.69) is 20.8 Å². The summed E-state index contributed by atoms with van der Waals surface area (Å²) in [5, 5.41) is 23.5. The Balaban J connectivity index is 1.66. The first-order chi connectivity index (χ1) is 15.8. The number of amides is 1. The van der Waals surface area contributed by atoms with Gasteiger partial charge in [-0.2, -0.15) is 0 Å². The number of Topliss-reactive ketones (excluding diaryl/α,β-unsaturated/α-hetero) is 1. The first kappa shape index (κ1) is 24.1. The van der Waals surface area contributed by atoms with Gasteiger partial charge in [-0.05, 0) is 33.7 Å². The van der Waals surface area contributed by atoms with Gasteiger partial charge < -0.3 is 15.2 Å². The zero-order valence-electron chi connectivity index (χ0n) is 17.1. The van der Waals surface area contributed by atoms with Crippen LogP contribution in [0.15, 0.2) is 48.5 Å². The van der Waals surface area contributed by atoms with E-state index < -0.39 is 30.3 Å². The number of nitrogens with one attached hydrogen (secondary N) is 1. The van der Waals surface area contributed by atoms with Crippen molar-refractivity contribution in [3.05, 3.63) is 75.5 Å². The van der Waals surface area contributed by atoms with Crippen molar-refractivity contribution in [2.75, 3.05) is 0 Å². The third kappa shape index (κ3) is 6.99. The highest BCUT2D eigenvalue weighted by molar-refractivity contribution is 6.36. The van der Waals surface area contributed by atoms with Crippen molar-refractivity contribution < 1.29 is 24.2 Å². The number of alkyl carbamates (subject to hydrolysis) is 1. The second-order valence-electron chi connectivity index (χ2n) is 6.95. The molecule has 0 saturated carbocycles. The SMILES string of the molecule is O=C(O)CC(NC(=O)OCc1ccccc1)C(=O)Cn1nnnc1Cc1c(Cl)cccc1Cl. The lowest BCUT2D eigenvalue weighted by Crippen LogP contribution is -2.44. The van der Waals surface area contributed by atoms with Gasteiger partial charge >= 0.3 is 12.1 Å². The fourth-order valence-corrected chi connectivity index (χ4v) is 3.45. The predicted octanol–water partition coefficient (Wildman–Crippen LogP) is 2.91. The molecule has 10 nitrogen and oxygen atoms in total. The van der Waals surface area contributed by atoms with Crippen LogP contribution in [0.5, 0.6) is 0 Å². The van der Waals surface area contributed by atoms with E-state index in [-0.39, 0.29) is 19.6 Å². The zero-order chi connectivity index (χ0) is 23.8. The molecular weight excluding hydrogens is 473 g/mol. The summed E-state index contributed by atoms with van der Waals surface area (Å²) in [6.07, 6.45) is -1.40. The fourth-order valence-electron chi connectivity index (χ4n) is 2.92. The van der Waals surface area contributed by atoms with E-state index >= 15 is 0 Å². The van der Waals surface area contributed by atoms with E-state index in [4.69, 9.17) is 33.0 Å². The molecule has 1 heterocycles. The number of aliphatic carboxylic acids is 1. The van der Waals surface area contributed by atoms with E-state index in [0.717, 1.165) is 5.56 Å². The van der Waals surface area contributed by atoms with Crippen LogP contribution in [0, 0.1) is 0 Å². The molecule has 2 aromatic carbocycles. The maximum absolute atomic E-state index is 12.8. The number of carboxylic acid groups (broad SMARTS) is 1. The Hall–Kier alpha value is -3.50. The summed E-state index contributed by atoms with van der Waals surface area (Å²) in [5.41, 5.74) is 1.32. The Bertz CT molecular complexity index is 1120. The molecule has 2 N–H and O–H groups in total. The molecule has 12 heteroatoms. The van der Waals surface area contributed by atoms with E-state index in [1.54, 1.807) is 42.5 Å². The van der Waals surface area contributed by atoms with Gasteiger partial charge in [0.05, 0.1) is 6.42 Å². The Morgan fingerprint density at radius 1 is 1.06 bits per heavy atom. The molecule has 1 unspecified atom stereocenters. The molecule has 0 aliphatic rings. The number of tetrazole rings is 1.